The lowest BCUT2D eigenvalue weighted by atomic mass is 10.0. The molecule has 0 aliphatic heterocycles. The molecule has 2 aromatic carbocycles. The molecule has 0 aromatic heterocycles. The highest BCUT2D eigenvalue weighted by Crippen LogP contribution is 2.19. The Labute approximate surface area is 134 Å². The fraction of sp³-hybridized carbons (Fsp3) is 0.278. The number of aryl methyl sites for hydroxylation is 1. The molecule has 2 rings (SSSR count). The maximum atomic E-state index is 13.7. The van der Waals surface area contributed by atoms with E-state index in [1.807, 2.05) is 38.1 Å². The van der Waals surface area contributed by atoms with Crippen LogP contribution in [0.1, 0.15) is 42.6 Å². The number of halogens is 2. The minimum Gasteiger partial charge on any atom is -0.332 e. The van der Waals surface area contributed by atoms with E-state index in [0.29, 0.717) is 0 Å². The van der Waals surface area contributed by atoms with Gasteiger partial charge in [0, 0.05) is 11.6 Å². The smallest absolute Gasteiger partial charge is 0.315 e. The molecule has 3 nitrogen and oxygen atoms in total. The summed E-state index contributed by atoms with van der Waals surface area (Å²) in [6.07, 6.45) is 0. The van der Waals surface area contributed by atoms with Crippen LogP contribution in [0.4, 0.5) is 13.6 Å². The molecular weight excluding hydrogens is 298 g/mol. The van der Waals surface area contributed by atoms with Crippen LogP contribution in [-0.4, -0.2) is 6.03 Å². The Hall–Kier alpha value is -2.43. The molecule has 0 saturated heterocycles. The van der Waals surface area contributed by atoms with Gasteiger partial charge in [0.05, 0.1) is 12.1 Å². The van der Waals surface area contributed by atoms with Crippen molar-refractivity contribution in [3.63, 3.8) is 0 Å². The van der Waals surface area contributed by atoms with Crippen LogP contribution < -0.4 is 10.6 Å². The lowest BCUT2D eigenvalue weighted by Gasteiger charge is -2.20. The zero-order valence-electron chi connectivity index (χ0n) is 13.4. The molecule has 0 fully saturated rings. The summed E-state index contributed by atoms with van der Waals surface area (Å²) in [6, 6.07) is 9.93. The lowest BCUT2D eigenvalue weighted by Crippen LogP contribution is -2.38. The maximum absolute atomic E-state index is 13.7. The van der Waals surface area contributed by atoms with Crippen LogP contribution in [0.25, 0.3) is 0 Å². The average Bonchev–Trinajstić information content (AvgIpc) is 2.47. The van der Waals surface area contributed by atoms with Gasteiger partial charge < -0.3 is 10.6 Å². The molecule has 2 aromatic rings. The molecule has 5 heteroatoms. The number of benzene rings is 2. The van der Waals surface area contributed by atoms with Gasteiger partial charge in [-0.2, -0.15) is 0 Å². The summed E-state index contributed by atoms with van der Waals surface area (Å²) in [4.78, 5) is 12.1. The van der Waals surface area contributed by atoms with Crippen molar-refractivity contribution in [1.29, 1.82) is 0 Å². The third kappa shape index (κ3) is 4.28. The van der Waals surface area contributed by atoms with Gasteiger partial charge in [-0.3, -0.25) is 0 Å². The van der Waals surface area contributed by atoms with Crippen molar-refractivity contribution in [1.82, 2.24) is 10.6 Å². The third-order valence-electron chi connectivity index (χ3n) is 3.78. The van der Waals surface area contributed by atoms with Crippen molar-refractivity contribution < 1.29 is 13.6 Å². The van der Waals surface area contributed by atoms with Crippen molar-refractivity contribution >= 4 is 6.03 Å². The highest BCUT2D eigenvalue weighted by Gasteiger charge is 2.16. The standard InChI is InChI=1S/C18H20F2N2O/c1-11-6-4-5-7-15(11)12(2)21-18(23)22-13(3)16-9-8-14(19)10-17(16)20/h4-10,12-13H,1-3H3,(H2,21,22,23)/t12-,13+/m0/s1. The summed E-state index contributed by atoms with van der Waals surface area (Å²) in [5, 5.41) is 5.49. The van der Waals surface area contributed by atoms with Crippen LogP contribution in [0, 0.1) is 18.6 Å². The molecule has 0 spiro atoms. The van der Waals surface area contributed by atoms with E-state index in [1.165, 1.54) is 12.1 Å². The predicted octanol–water partition coefficient (Wildman–Crippen LogP) is 4.39. The summed E-state index contributed by atoms with van der Waals surface area (Å²) in [5.74, 6) is -1.32. The van der Waals surface area contributed by atoms with Crippen LogP contribution in [0.2, 0.25) is 0 Å². The van der Waals surface area contributed by atoms with Gasteiger partial charge in [0.1, 0.15) is 11.6 Å². The first-order valence-corrected chi connectivity index (χ1v) is 7.46. The van der Waals surface area contributed by atoms with Crippen molar-refractivity contribution in [2.75, 3.05) is 0 Å². The molecule has 2 N–H and O–H groups in total. The van der Waals surface area contributed by atoms with E-state index in [2.05, 4.69) is 10.6 Å². The number of nitrogens with one attached hydrogen (secondary N) is 2. The Morgan fingerprint density at radius 2 is 1.57 bits per heavy atom. The Morgan fingerprint density at radius 3 is 2.17 bits per heavy atom. The number of carbonyl (C=O) groups is 1. The quantitative estimate of drug-likeness (QED) is 0.862. The number of hydrogen-bond acceptors (Lipinski definition) is 1. The molecule has 0 unspecified atom stereocenters. The largest absolute Gasteiger partial charge is 0.332 e. The van der Waals surface area contributed by atoms with Crippen LogP contribution in [-0.2, 0) is 0 Å². The summed E-state index contributed by atoms with van der Waals surface area (Å²) in [6.45, 7) is 5.50. The molecule has 2 atom stereocenters. The maximum Gasteiger partial charge on any atom is 0.315 e. The van der Waals surface area contributed by atoms with Crippen LogP contribution in [0.3, 0.4) is 0 Å². The van der Waals surface area contributed by atoms with E-state index in [9.17, 15) is 13.6 Å². The lowest BCUT2D eigenvalue weighted by molar-refractivity contribution is 0.234. The molecule has 0 saturated carbocycles. The minimum atomic E-state index is -0.676. The number of amides is 2. The zero-order chi connectivity index (χ0) is 17.0. The Kier molecular flexibility index (Phi) is 5.32. The first-order valence-electron chi connectivity index (χ1n) is 7.46. The van der Waals surface area contributed by atoms with Crippen molar-refractivity contribution in [3.8, 4) is 0 Å². The third-order valence-corrected chi connectivity index (χ3v) is 3.78. The van der Waals surface area contributed by atoms with E-state index >= 15 is 0 Å². The van der Waals surface area contributed by atoms with Gasteiger partial charge in [-0.25, -0.2) is 13.6 Å². The first-order chi connectivity index (χ1) is 10.9. The van der Waals surface area contributed by atoms with Gasteiger partial charge in [0.2, 0.25) is 0 Å². The van der Waals surface area contributed by atoms with Gasteiger partial charge in [0.25, 0.3) is 0 Å². The van der Waals surface area contributed by atoms with Gasteiger partial charge in [-0.1, -0.05) is 30.3 Å². The van der Waals surface area contributed by atoms with E-state index in [-0.39, 0.29) is 11.6 Å². The number of carbonyl (C=O) groups excluding carboxylic acids is 1. The Morgan fingerprint density at radius 1 is 0.957 bits per heavy atom. The monoisotopic (exact) mass is 318 g/mol. The zero-order valence-corrected chi connectivity index (χ0v) is 13.4. The fourth-order valence-electron chi connectivity index (χ4n) is 2.52. The molecular formula is C18H20F2N2O. The van der Waals surface area contributed by atoms with Gasteiger partial charge in [-0.05, 0) is 38.0 Å². The summed E-state index contributed by atoms with van der Waals surface area (Å²) < 4.78 is 26.7. The number of urea groups is 1. The molecule has 0 bridgehead atoms. The van der Waals surface area contributed by atoms with Crippen LogP contribution in [0.15, 0.2) is 42.5 Å². The average molecular weight is 318 g/mol. The second-order valence-corrected chi connectivity index (χ2v) is 5.58. The van der Waals surface area contributed by atoms with Crippen molar-refractivity contribution in [2.45, 2.75) is 32.9 Å². The highest BCUT2D eigenvalue weighted by molar-refractivity contribution is 5.75. The van der Waals surface area contributed by atoms with Gasteiger partial charge in [-0.15, -0.1) is 0 Å². The minimum absolute atomic E-state index is 0.179. The molecule has 0 heterocycles. The first kappa shape index (κ1) is 16.9. The van der Waals surface area contributed by atoms with Gasteiger partial charge in [0.15, 0.2) is 0 Å². The predicted molar refractivity (Wildman–Crippen MR) is 86.0 cm³/mol. The van der Waals surface area contributed by atoms with Crippen molar-refractivity contribution in [3.05, 3.63) is 70.8 Å². The summed E-state index contributed by atoms with van der Waals surface area (Å²) in [7, 11) is 0. The molecule has 0 aliphatic carbocycles. The SMILES string of the molecule is Cc1ccccc1[C@H](C)NC(=O)N[C@H](C)c1ccc(F)cc1F. The van der Waals surface area contributed by atoms with E-state index in [4.69, 9.17) is 0 Å². The fourth-order valence-corrected chi connectivity index (χ4v) is 2.52. The normalized spacial score (nSPS) is 13.3. The van der Waals surface area contributed by atoms with E-state index in [0.717, 1.165) is 17.2 Å². The summed E-state index contributed by atoms with van der Waals surface area (Å²) >= 11 is 0. The topological polar surface area (TPSA) is 41.1 Å². The van der Waals surface area contributed by atoms with Crippen LogP contribution in [0.5, 0.6) is 0 Å². The molecule has 0 radical (unpaired) electrons. The Balaban J connectivity index is 2.00. The van der Waals surface area contributed by atoms with E-state index < -0.39 is 23.7 Å². The van der Waals surface area contributed by atoms with Crippen LogP contribution >= 0.6 is 0 Å². The molecule has 23 heavy (non-hydrogen) atoms. The number of hydrogen-bond donors (Lipinski definition) is 2. The molecule has 122 valence electrons. The second kappa shape index (κ2) is 7.22. The molecule has 2 amide bonds. The molecule has 0 aliphatic rings. The van der Waals surface area contributed by atoms with Gasteiger partial charge >= 0.3 is 6.03 Å². The summed E-state index contributed by atoms with van der Waals surface area (Å²) in [5.41, 5.74) is 2.34. The number of rotatable bonds is 4. The van der Waals surface area contributed by atoms with E-state index in [1.54, 1.807) is 6.92 Å². The Bertz CT molecular complexity index is 703. The second-order valence-electron chi connectivity index (χ2n) is 5.58. The highest BCUT2D eigenvalue weighted by atomic mass is 19.1. The van der Waals surface area contributed by atoms with Crippen molar-refractivity contribution in [2.24, 2.45) is 0 Å².